The molecule has 2 heterocycles. The van der Waals surface area contributed by atoms with E-state index in [1.807, 2.05) is 36.4 Å². The average molecular weight is 344 g/mol. The second-order valence-corrected chi connectivity index (χ2v) is 6.23. The number of hydrogen-bond acceptors (Lipinski definition) is 3. The Bertz CT molecular complexity index is 1380. The third-order valence-electron chi connectivity index (χ3n) is 4.73. The summed E-state index contributed by atoms with van der Waals surface area (Å²) in [7, 11) is 1.73. The monoisotopic (exact) mass is 344 g/mol. The molecular formula is C20H13FN4O. The van der Waals surface area contributed by atoms with Gasteiger partial charge in [0, 0.05) is 18.0 Å². The minimum atomic E-state index is -0.385. The van der Waals surface area contributed by atoms with Gasteiger partial charge in [-0.15, -0.1) is 5.10 Å². The molecular weight excluding hydrogens is 331 g/mol. The summed E-state index contributed by atoms with van der Waals surface area (Å²) < 4.78 is 16.8. The highest BCUT2D eigenvalue weighted by Gasteiger charge is 2.17. The van der Waals surface area contributed by atoms with E-state index in [-0.39, 0.29) is 11.4 Å². The van der Waals surface area contributed by atoms with Gasteiger partial charge in [-0.3, -0.25) is 4.79 Å². The quantitative estimate of drug-likeness (QED) is 0.467. The summed E-state index contributed by atoms with van der Waals surface area (Å²) in [5.41, 5.74) is 2.55. The zero-order chi connectivity index (χ0) is 17.8. The van der Waals surface area contributed by atoms with E-state index < -0.39 is 0 Å². The van der Waals surface area contributed by atoms with Gasteiger partial charge in [0.05, 0.1) is 11.0 Å². The molecule has 6 heteroatoms. The third kappa shape index (κ3) is 1.92. The predicted octanol–water partition coefficient (Wildman–Crippen LogP) is 3.54. The van der Waals surface area contributed by atoms with Crippen LogP contribution >= 0.6 is 0 Å². The molecule has 0 saturated heterocycles. The summed E-state index contributed by atoms with van der Waals surface area (Å²) in [6.45, 7) is 0. The number of aryl methyl sites for hydroxylation is 1. The lowest BCUT2D eigenvalue weighted by Crippen LogP contribution is -2.15. The highest BCUT2D eigenvalue weighted by atomic mass is 19.1. The highest BCUT2D eigenvalue weighted by Crippen LogP contribution is 2.27. The van der Waals surface area contributed by atoms with Gasteiger partial charge in [-0.05, 0) is 29.7 Å². The number of hydrogen-bond donors (Lipinski definition) is 0. The Labute approximate surface area is 146 Å². The fourth-order valence-corrected chi connectivity index (χ4v) is 3.50. The van der Waals surface area contributed by atoms with Crippen LogP contribution in [0.1, 0.15) is 0 Å². The van der Waals surface area contributed by atoms with Crippen LogP contribution in [0.4, 0.5) is 4.39 Å². The van der Waals surface area contributed by atoms with Crippen molar-refractivity contribution in [2.24, 2.45) is 7.05 Å². The SMILES string of the molecule is Cn1c(=O)c2c(-c3cccc(F)c3)nnn2c2cccc3cccc1c32. The lowest BCUT2D eigenvalue weighted by Gasteiger charge is -2.03. The first-order valence-corrected chi connectivity index (χ1v) is 8.17. The minimum absolute atomic E-state index is 0.238. The summed E-state index contributed by atoms with van der Waals surface area (Å²) in [5, 5.41) is 10.4. The van der Waals surface area contributed by atoms with Crippen molar-refractivity contribution in [3.63, 3.8) is 0 Å². The Morgan fingerprint density at radius 2 is 1.69 bits per heavy atom. The second-order valence-electron chi connectivity index (χ2n) is 6.23. The van der Waals surface area contributed by atoms with Crippen molar-refractivity contribution in [3.05, 3.63) is 76.8 Å². The van der Waals surface area contributed by atoms with E-state index in [1.165, 1.54) is 12.1 Å². The molecule has 0 saturated carbocycles. The van der Waals surface area contributed by atoms with Gasteiger partial charge < -0.3 is 4.57 Å². The summed E-state index contributed by atoms with van der Waals surface area (Å²) in [5.74, 6) is -0.385. The predicted molar refractivity (Wildman–Crippen MR) is 98.6 cm³/mol. The fourth-order valence-electron chi connectivity index (χ4n) is 3.50. The molecule has 0 atom stereocenters. The van der Waals surface area contributed by atoms with Gasteiger partial charge in [-0.1, -0.05) is 41.6 Å². The molecule has 0 aliphatic heterocycles. The number of halogens is 1. The van der Waals surface area contributed by atoms with Crippen molar-refractivity contribution in [1.82, 2.24) is 19.4 Å². The van der Waals surface area contributed by atoms with Gasteiger partial charge in [0.25, 0.3) is 5.56 Å². The molecule has 0 unspecified atom stereocenters. The van der Waals surface area contributed by atoms with E-state index in [0.717, 1.165) is 21.8 Å². The minimum Gasteiger partial charge on any atom is -0.309 e. The van der Waals surface area contributed by atoms with Gasteiger partial charge in [-0.25, -0.2) is 8.91 Å². The largest absolute Gasteiger partial charge is 0.309 e. The lowest BCUT2D eigenvalue weighted by molar-refractivity contribution is 0.628. The molecule has 0 aliphatic carbocycles. The maximum absolute atomic E-state index is 13.7. The normalized spacial score (nSPS) is 11.6. The third-order valence-corrected chi connectivity index (χ3v) is 4.73. The average Bonchev–Trinajstić information content (AvgIpc) is 3.07. The maximum atomic E-state index is 13.7. The molecule has 0 spiro atoms. The molecule has 0 amide bonds. The lowest BCUT2D eigenvalue weighted by atomic mass is 10.1. The molecule has 3 aromatic carbocycles. The van der Waals surface area contributed by atoms with Crippen molar-refractivity contribution in [2.45, 2.75) is 0 Å². The van der Waals surface area contributed by atoms with Crippen molar-refractivity contribution in [2.75, 3.05) is 0 Å². The van der Waals surface area contributed by atoms with Crippen molar-refractivity contribution in [3.8, 4) is 11.3 Å². The van der Waals surface area contributed by atoms with Crippen molar-refractivity contribution < 1.29 is 4.39 Å². The molecule has 26 heavy (non-hydrogen) atoms. The van der Waals surface area contributed by atoms with E-state index >= 15 is 0 Å². The van der Waals surface area contributed by atoms with E-state index in [1.54, 1.807) is 28.3 Å². The van der Waals surface area contributed by atoms with Gasteiger partial charge in [0.15, 0.2) is 5.52 Å². The Morgan fingerprint density at radius 3 is 2.46 bits per heavy atom. The molecule has 5 rings (SSSR count). The fraction of sp³-hybridized carbons (Fsp3) is 0.0500. The molecule has 5 nitrogen and oxygen atoms in total. The first kappa shape index (κ1) is 14.8. The van der Waals surface area contributed by atoms with Crippen molar-refractivity contribution >= 4 is 27.3 Å². The zero-order valence-corrected chi connectivity index (χ0v) is 13.8. The van der Waals surface area contributed by atoms with Crippen LogP contribution in [0.15, 0.2) is 65.5 Å². The first-order valence-electron chi connectivity index (χ1n) is 8.17. The Balaban J connectivity index is 2.08. The van der Waals surface area contributed by atoms with Crippen LogP contribution in [0.3, 0.4) is 0 Å². The maximum Gasteiger partial charge on any atom is 0.279 e. The summed E-state index contributed by atoms with van der Waals surface area (Å²) in [6, 6.07) is 17.7. The molecule has 2 aromatic heterocycles. The van der Waals surface area contributed by atoms with E-state index in [9.17, 15) is 9.18 Å². The molecule has 0 fully saturated rings. The molecule has 0 radical (unpaired) electrons. The van der Waals surface area contributed by atoms with Gasteiger partial charge >= 0.3 is 0 Å². The standard InChI is InChI=1S/C20H13FN4O/c1-24-15-9-3-5-12-6-4-10-16(17(12)15)25-19(20(24)26)18(22-23-25)13-7-2-8-14(21)11-13/h2-11H,1H3. The Morgan fingerprint density at radius 1 is 0.962 bits per heavy atom. The molecule has 0 aliphatic rings. The van der Waals surface area contributed by atoms with E-state index in [2.05, 4.69) is 10.3 Å². The van der Waals surface area contributed by atoms with Crippen LogP contribution in [0.2, 0.25) is 0 Å². The number of nitrogens with zero attached hydrogens (tertiary/aromatic N) is 4. The number of benzene rings is 3. The number of fused-ring (bicyclic) bond motifs is 2. The van der Waals surface area contributed by atoms with Crippen LogP contribution in [0, 0.1) is 5.82 Å². The van der Waals surface area contributed by atoms with Gasteiger partial charge in [-0.2, -0.15) is 0 Å². The van der Waals surface area contributed by atoms with Crippen LogP contribution in [-0.2, 0) is 7.05 Å². The van der Waals surface area contributed by atoms with E-state index in [4.69, 9.17) is 0 Å². The molecule has 0 bridgehead atoms. The van der Waals surface area contributed by atoms with E-state index in [0.29, 0.717) is 16.8 Å². The van der Waals surface area contributed by atoms with Gasteiger partial charge in [0.1, 0.15) is 11.5 Å². The molecule has 0 N–H and O–H groups in total. The summed E-state index contributed by atoms with van der Waals surface area (Å²) in [4.78, 5) is 13.2. The smallest absolute Gasteiger partial charge is 0.279 e. The summed E-state index contributed by atoms with van der Waals surface area (Å²) in [6.07, 6.45) is 0. The zero-order valence-electron chi connectivity index (χ0n) is 13.8. The number of rotatable bonds is 1. The van der Waals surface area contributed by atoms with Crippen LogP contribution < -0.4 is 5.56 Å². The van der Waals surface area contributed by atoms with Crippen molar-refractivity contribution in [1.29, 1.82) is 0 Å². The van der Waals surface area contributed by atoms with Gasteiger partial charge in [0.2, 0.25) is 0 Å². The molecule has 126 valence electrons. The second kappa shape index (κ2) is 5.23. The first-order chi connectivity index (χ1) is 12.6. The van der Waals surface area contributed by atoms with Crippen LogP contribution in [-0.4, -0.2) is 19.4 Å². The highest BCUT2D eigenvalue weighted by molar-refractivity contribution is 6.07. The van der Waals surface area contributed by atoms with Crippen LogP contribution in [0.5, 0.6) is 0 Å². The van der Waals surface area contributed by atoms with Crippen LogP contribution in [0.25, 0.3) is 38.6 Å². The topological polar surface area (TPSA) is 52.2 Å². The number of aromatic nitrogens is 4. The summed E-state index contributed by atoms with van der Waals surface area (Å²) >= 11 is 0. The molecule has 5 aromatic rings. The Kier molecular flexibility index (Phi) is 2.97. The Hall–Kier alpha value is -3.54.